The summed E-state index contributed by atoms with van der Waals surface area (Å²) in [6.45, 7) is 10.7. The second-order valence-corrected chi connectivity index (χ2v) is 7.09. The van der Waals surface area contributed by atoms with Crippen molar-refractivity contribution in [1.29, 1.82) is 0 Å². The van der Waals surface area contributed by atoms with Crippen molar-refractivity contribution < 1.29 is 14.6 Å². The maximum Gasteiger partial charge on any atom is 0.309 e. The predicted octanol–water partition coefficient (Wildman–Crippen LogP) is 1.39. The highest BCUT2D eigenvalue weighted by atomic mass is 16.5. The zero-order valence-corrected chi connectivity index (χ0v) is 14.7. The molecule has 0 saturated carbocycles. The van der Waals surface area contributed by atoms with Crippen molar-refractivity contribution >= 4 is 5.97 Å². The Kier molecular flexibility index (Phi) is 6.86. The monoisotopic (exact) mass is 310 g/mol. The molecule has 1 atom stereocenters. The second kappa shape index (κ2) is 7.96. The molecule has 1 heterocycles. The molecule has 0 radical (unpaired) electrons. The van der Waals surface area contributed by atoms with Crippen molar-refractivity contribution in [2.24, 2.45) is 11.8 Å². The Morgan fingerprint density at radius 2 is 2.00 bits per heavy atom. The molecule has 0 spiro atoms. The maximum atomic E-state index is 11.1. The highest BCUT2D eigenvalue weighted by Gasteiger charge is 2.29. The lowest BCUT2D eigenvalue weighted by Gasteiger charge is -2.38. The topological polar surface area (TPSA) is 53.0 Å². The van der Waals surface area contributed by atoms with Crippen molar-refractivity contribution in [1.82, 2.24) is 9.80 Å². The van der Waals surface area contributed by atoms with Crippen molar-refractivity contribution in [3.63, 3.8) is 0 Å². The van der Waals surface area contributed by atoms with E-state index in [4.69, 9.17) is 9.84 Å². The zero-order chi connectivity index (χ0) is 16.9. The maximum absolute atomic E-state index is 11.1. The van der Waals surface area contributed by atoms with Crippen molar-refractivity contribution in [3.05, 3.63) is 0 Å². The number of nitrogens with zero attached hydrogens (tertiary/aromatic N) is 2. The molecule has 0 aliphatic carbocycles. The molecule has 0 bridgehead atoms. The molecule has 22 heavy (non-hydrogen) atoms. The van der Waals surface area contributed by atoms with Gasteiger partial charge in [0.05, 0.1) is 30.7 Å². The fourth-order valence-corrected chi connectivity index (χ4v) is 2.03. The summed E-state index contributed by atoms with van der Waals surface area (Å²) in [4.78, 5) is 15.4. The van der Waals surface area contributed by atoms with Gasteiger partial charge in [0.1, 0.15) is 0 Å². The third kappa shape index (κ3) is 5.60. The summed E-state index contributed by atoms with van der Waals surface area (Å²) in [6, 6.07) is 0. The summed E-state index contributed by atoms with van der Waals surface area (Å²) >= 11 is 0. The first-order valence-electron chi connectivity index (χ1n) is 7.87. The summed E-state index contributed by atoms with van der Waals surface area (Å²) in [5.74, 6) is 5.38. The van der Waals surface area contributed by atoms with E-state index in [-0.39, 0.29) is 17.6 Å². The van der Waals surface area contributed by atoms with E-state index < -0.39 is 11.9 Å². The van der Waals surface area contributed by atoms with Crippen LogP contribution in [-0.2, 0) is 9.53 Å². The minimum absolute atomic E-state index is 0.0906. The van der Waals surface area contributed by atoms with E-state index in [1.807, 2.05) is 27.9 Å². The quantitative estimate of drug-likeness (QED) is 0.720. The average molecular weight is 310 g/mol. The van der Waals surface area contributed by atoms with E-state index in [2.05, 4.69) is 35.5 Å². The third-order valence-electron chi connectivity index (χ3n) is 4.37. The summed E-state index contributed by atoms with van der Waals surface area (Å²) in [5, 5.41) is 9.12. The van der Waals surface area contributed by atoms with Gasteiger partial charge in [-0.1, -0.05) is 25.7 Å². The fourth-order valence-electron chi connectivity index (χ4n) is 2.03. The van der Waals surface area contributed by atoms with Gasteiger partial charge in [-0.05, 0) is 33.9 Å². The van der Waals surface area contributed by atoms with E-state index in [1.165, 1.54) is 0 Å². The Labute approximate surface area is 134 Å². The lowest BCUT2D eigenvalue weighted by Crippen LogP contribution is -2.52. The normalized spacial score (nSPS) is 18.0. The molecule has 5 heteroatoms. The average Bonchev–Trinajstić information content (AvgIpc) is 2.33. The van der Waals surface area contributed by atoms with E-state index in [1.54, 1.807) is 0 Å². The van der Waals surface area contributed by atoms with Gasteiger partial charge >= 0.3 is 5.97 Å². The van der Waals surface area contributed by atoms with E-state index in [9.17, 15) is 4.79 Å². The number of hydrogen-bond acceptors (Lipinski definition) is 4. The highest BCUT2D eigenvalue weighted by Crippen LogP contribution is 2.16. The fraction of sp³-hybridized carbons (Fsp3) is 0.824. The van der Waals surface area contributed by atoms with Crippen LogP contribution in [0.1, 0.15) is 27.7 Å². The first kappa shape index (κ1) is 19.0. The van der Waals surface area contributed by atoms with Gasteiger partial charge in [0.25, 0.3) is 0 Å². The summed E-state index contributed by atoms with van der Waals surface area (Å²) in [6.07, 6.45) is 0.143. The molecule has 0 aromatic heterocycles. The summed E-state index contributed by atoms with van der Waals surface area (Å²) < 4.78 is 5.70. The molecule has 1 N–H and O–H groups in total. The van der Waals surface area contributed by atoms with Crippen LogP contribution in [0, 0.1) is 23.7 Å². The molecule has 5 nitrogen and oxygen atoms in total. The van der Waals surface area contributed by atoms with E-state index in [0.29, 0.717) is 6.61 Å². The van der Waals surface area contributed by atoms with Crippen LogP contribution in [-0.4, -0.2) is 72.9 Å². The van der Waals surface area contributed by atoms with Crippen molar-refractivity contribution in [3.8, 4) is 11.8 Å². The first-order valence-corrected chi connectivity index (χ1v) is 7.87. The number of carboxylic acids is 1. The van der Waals surface area contributed by atoms with Crippen LogP contribution >= 0.6 is 0 Å². The van der Waals surface area contributed by atoms with Gasteiger partial charge in [0.2, 0.25) is 0 Å². The molecule has 0 unspecified atom stereocenters. The number of carboxylic acid groups (broad SMARTS) is 1. The molecule has 1 aliphatic heterocycles. The summed E-state index contributed by atoms with van der Waals surface area (Å²) in [5.41, 5.74) is -0.118. The summed E-state index contributed by atoms with van der Waals surface area (Å²) in [7, 11) is 4.05. The van der Waals surface area contributed by atoms with Gasteiger partial charge in [0.15, 0.2) is 0 Å². The molecule has 0 aromatic carbocycles. The number of carbonyl (C=O) groups is 1. The third-order valence-corrected chi connectivity index (χ3v) is 4.37. The van der Waals surface area contributed by atoms with Gasteiger partial charge < -0.3 is 9.84 Å². The van der Waals surface area contributed by atoms with Crippen LogP contribution in [0.25, 0.3) is 0 Å². The van der Waals surface area contributed by atoms with Gasteiger partial charge in [-0.3, -0.25) is 14.6 Å². The number of likely N-dealkylation sites (tertiary alicyclic amines) is 1. The molecule has 0 amide bonds. The smallest absolute Gasteiger partial charge is 0.309 e. The standard InChI is InChI=1S/C17H30N2O3/c1-13(2)15(16(20)21)12-22-14-10-19(11-14)9-7-8-17(3,4)18(5)6/h13-15H,9-12H2,1-6H3,(H,20,21)/t15-/m0/s1. The van der Waals surface area contributed by atoms with E-state index >= 15 is 0 Å². The number of hydrogen-bond donors (Lipinski definition) is 1. The molecule has 1 saturated heterocycles. The lowest BCUT2D eigenvalue weighted by molar-refractivity contribution is -0.148. The Morgan fingerprint density at radius 3 is 2.45 bits per heavy atom. The number of aliphatic carboxylic acids is 1. The SMILES string of the molecule is CC(C)[C@H](COC1CN(CC#CC(C)(C)N(C)C)C1)C(=O)O. The largest absolute Gasteiger partial charge is 0.481 e. The molecular formula is C17H30N2O3. The van der Waals surface area contributed by atoms with Crippen LogP contribution in [0.3, 0.4) is 0 Å². The predicted molar refractivity (Wildman–Crippen MR) is 87.7 cm³/mol. The first-order chi connectivity index (χ1) is 10.1. The van der Waals surface area contributed by atoms with Gasteiger partial charge in [-0.2, -0.15) is 0 Å². The highest BCUT2D eigenvalue weighted by molar-refractivity contribution is 5.70. The lowest BCUT2D eigenvalue weighted by atomic mass is 9.97. The number of ether oxygens (including phenoxy) is 1. The zero-order valence-electron chi connectivity index (χ0n) is 14.7. The minimum Gasteiger partial charge on any atom is -0.481 e. The molecule has 1 rings (SSSR count). The number of rotatable bonds is 7. The van der Waals surface area contributed by atoms with Gasteiger partial charge in [-0.15, -0.1) is 0 Å². The molecule has 1 fully saturated rings. The van der Waals surface area contributed by atoms with Crippen LogP contribution in [0.5, 0.6) is 0 Å². The van der Waals surface area contributed by atoms with Crippen LogP contribution in [0.15, 0.2) is 0 Å². The van der Waals surface area contributed by atoms with Gasteiger partial charge in [0, 0.05) is 13.1 Å². The van der Waals surface area contributed by atoms with Crippen LogP contribution in [0.2, 0.25) is 0 Å². The molecule has 1 aliphatic rings. The second-order valence-electron chi connectivity index (χ2n) is 7.09. The van der Waals surface area contributed by atoms with Crippen molar-refractivity contribution in [2.75, 3.05) is 40.3 Å². The van der Waals surface area contributed by atoms with E-state index in [0.717, 1.165) is 19.6 Å². The van der Waals surface area contributed by atoms with Crippen LogP contribution in [0.4, 0.5) is 0 Å². The minimum atomic E-state index is -0.775. The van der Waals surface area contributed by atoms with Gasteiger partial charge in [-0.25, -0.2) is 0 Å². The Bertz CT molecular complexity index is 429. The Balaban J connectivity index is 2.27. The Morgan fingerprint density at radius 1 is 1.41 bits per heavy atom. The van der Waals surface area contributed by atoms with Crippen molar-refractivity contribution in [2.45, 2.75) is 39.3 Å². The molecule has 126 valence electrons. The van der Waals surface area contributed by atoms with Crippen LogP contribution < -0.4 is 0 Å². The molecular weight excluding hydrogens is 280 g/mol. The molecule has 0 aromatic rings. The Hall–Kier alpha value is -1.09.